The first-order valence-corrected chi connectivity index (χ1v) is 14.2. The number of hydrogen-bond acceptors (Lipinski definition) is 5. The van der Waals surface area contributed by atoms with Crippen molar-refractivity contribution >= 4 is 41.1 Å². The van der Waals surface area contributed by atoms with Crippen molar-refractivity contribution in [1.29, 1.82) is 0 Å². The van der Waals surface area contributed by atoms with Gasteiger partial charge in [0.2, 0.25) is 0 Å². The van der Waals surface area contributed by atoms with Crippen molar-refractivity contribution in [3.8, 4) is 5.75 Å². The normalized spacial score (nSPS) is 15.7. The highest BCUT2D eigenvalue weighted by Crippen LogP contribution is 2.45. The van der Waals surface area contributed by atoms with Gasteiger partial charge < -0.3 is 14.8 Å². The lowest BCUT2D eigenvalue weighted by Gasteiger charge is -2.23. The lowest BCUT2D eigenvalue weighted by molar-refractivity contribution is 0.0980. The Labute approximate surface area is 227 Å². The van der Waals surface area contributed by atoms with Crippen LogP contribution in [0, 0.1) is 11.7 Å². The molecule has 0 radical (unpaired) electrons. The summed E-state index contributed by atoms with van der Waals surface area (Å²) in [4.78, 5) is 12.1. The lowest BCUT2D eigenvalue weighted by atomic mass is 9.99. The molecule has 2 aromatic rings. The fraction of sp³-hybridized carbons (Fsp3) is 0.519. The van der Waals surface area contributed by atoms with Crippen LogP contribution in [0.25, 0.3) is 0 Å². The quantitative estimate of drug-likeness (QED) is 0.320. The van der Waals surface area contributed by atoms with E-state index in [2.05, 4.69) is 10.0 Å². The van der Waals surface area contributed by atoms with E-state index in [1.807, 2.05) is 19.1 Å². The number of carbonyl (C=O) groups is 1. The molecule has 1 saturated carbocycles. The molecular formula is C27H35Cl2FN2O3S. The molecule has 1 aliphatic heterocycles. The zero-order valence-electron chi connectivity index (χ0n) is 20.9. The molecule has 1 heterocycles. The molecule has 0 unspecified atom stereocenters. The highest BCUT2D eigenvalue weighted by atomic mass is 35.5. The molecule has 36 heavy (non-hydrogen) atoms. The van der Waals surface area contributed by atoms with Crippen LogP contribution in [-0.2, 0) is 11.2 Å². The molecule has 0 bridgehead atoms. The molecule has 9 heteroatoms. The maximum atomic E-state index is 14.4. The minimum atomic E-state index is -0.506. The van der Waals surface area contributed by atoms with Gasteiger partial charge in [-0.1, -0.05) is 48.1 Å². The van der Waals surface area contributed by atoms with Gasteiger partial charge in [-0.15, -0.1) is 0 Å². The number of amides is 1. The average molecular weight is 558 g/mol. The van der Waals surface area contributed by atoms with Crippen LogP contribution in [0.2, 0.25) is 10.0 Å². The van der Waals surface area contributed by atoms with E-state index in [0.717, 1.165) is 62.1 Å². The SMILES string of the molecule is CCSNC(=O)c1cc(C2CC2)c(OCC2CCNCC2)cc1F.COCCc1ccc(Cl)cc1Cl. The molecule has 2 N–H and O–H groups in total. The van der Waals surface area contributed by atoms with Gasteiger partial charge in [0, 0.05) is 29.0 Å². The van der Waals surface area contributed by atoms with Crippen LogP contribution in [-0.4, -0.2) is 45.1 Å². The highest BCUT2D eigenvalue weighted by Gasteiger charge is 2.29. The van der Waals surface area contributed by atoms with Gasteiger partial charge in [0.25, 0.3) is 5.91 Å². The number of nitrogens with one attached hydrogen (secondary N) is 2. The molecule has 0 spiro atoms. The Balaban J connectivity index is 0.000000253. The summed E-state index contributed by atoms with van der Waals surface area (Å²) in [5.41, 5.74) is 2.17. The van der Waals surface area contributed by atoms with Gasteiger partial charge in [0.15, 0.2) is 0 Å². The van der Waals surface area contributed by atoms with E-state index in [-0.39, 0.29) is 11.5 Å². The first-order chi connectivity index (χ1) is 17.4. The van der Waals surface area contributed by atoms with Crippen molar-refractivity contribution in [2.45, 2.75) is 44.9 Å². The lowest BCUT2D eigenvalue weighted by Crippen LogP contribution is -2.30. The number of carbonyl (C=O) groups excluding carboxylic acids is 1. The molecule has 5 nitrogen and oxygen atoms in total. The van der Waals surface area contributed by atoms with E-state index in [9.17, 15) is 9.18 Å². The molecule has 0 aromatic heterocycles. The molecule has 2 aromatic carbocycles. The third-order valence-corrected chi connectivity index (χ3v) is 7.40. The predicted octanol–water partition coefficient (Wildman–Crippen LogP) is 6.66. The van der Waals surface area contributed by atoms with Gasteiger partial charge in [-0.3, -0.25) is 9.52 Å². The Bertz CT molecular complexity index is 1000. The number of methoxy groups -OCH3 is 1. The summed E-state index contributed by atoms with van der Waals surface area (Å²) in [5.74, 6) is 1.41. The number of ether oxygens (including phenoxy) is 2. The zero-order chi connectivity index (χ0) is 25.9. The van der Waals surface area contributed by atoms with Crippen LogP contribution < -0.4 is 14.8 Å². The smallest absolute Gasteiger partial charge is 0.264 e. The molecule has 4 rings (SSSR count). The van der Waals surface area contributed by atoms with Gasteiger partial charge in [-0.2, -0.15) is 0 Å². The maximum absolute atomic E-state index is 14.4. The van der Waals surface area contributed by atoms with Gasteiger partial charge in [-0.25, -0.2) is 4.39 Å². The molecule has 2 aliphatic rings. The second kappa shape index (κ2) is 15.0. The van der Waals surface area contributed by atoms with Crippen LogP contribution in [0.3, 0.4) is 0 Å². The summed E-state index contributed by atoms with van der Waals surface area (Å²) in [5, 5.41) is 4.71. The summed E-state index contributed by atoms with van der Waals surface area (Å²) >= 11 is 12.9. The van der Waals surface area contributed by atoms with Crippen molar-refractivity contribution in [2.75, 3.05) is 39.2 Å². The predicted molar refractivity (Wildman–Crippen MR) is 147 cm³/mol. The minimum absolute atomic E-state index is 0.118. The topological polar surface area (TPSA) is 59.6 Å². The molecule has 1 aliphatic carbocycles. The van der Waals surface area contributed by atoms with E-state index in [0.29, 0.717) is 40.8 Å². The fourth-order valence-electron chi connectivity index (χ4n) is 3.97. The third-order valence-electron chi connectivity index (χ3n) is 6.19. The largest absolute Gasteiger partial charge is 0.493 e. The van der Waals surface area contributed by atoms with Crippen molar-refractivity contribution in [3.05, 3.63) is 62.9 Å². The summed E-state index contributed by atoms with van der Waals surface area (Å²) in [6.07, 6.45) is 5.18. The van der Waals surface area contributed by atoms with Gasteiger partial charge >= 0.3 is 0 Å². The van der Waals surface area contributed by atoms with Crippen LogP contribution in [0.15, 0.2) is 30.3 Å². The van der Waals surface area contributed by atoms with Crippen LogP contribution in [0.5, 0.6) is 5.75 Å². The Hall–Kier alpha value is -1.51. The molecule has 198 valence electrons. The van der Waals surface area contributed by atoms with Crippen molar-refractivity contribution < 1.29 is 18.7 Å². The summed E-state index contributed by atoms with van der Waals surface area (Å²) in [6.45, 7) is 5.28. The second-order valence-electron chi connectivity index (χ2n) is 8.99. The van der Waals surface area contributed by atoms with Gasteiger partial charge in [-0.05, 0) is 86.4 Å². The molecule has 1 amide bonds. The van der Waals surface area contributed by atoms with Crippen LogP contribution in [0.1, 0.15) is 60.0 Å². The molecular weight excluding hydrogens is 522 g/mol. The van der Waals surface area contributed by atoms with Crippen molar-refractivity contribution in [3.63, 3.8) is 0 Å². The Kier molecular flexibility index (Phi) is 12.1. The number of halogens is 3. The van der Waals surface area contributed by atoms with Gasteiger partial charge in [0.1, 0.15) is 11.6 Å². The zero-order valence-corrected chi connectivity index (χ0v) is 23.2. The van der Waals surface area contributed by atoms with E-state index >= 15 is 0 Å². The van der Waals surface area contributed by atoms with E-state index < -0.39 is 5.82 Å². The summed E-state index contributed by atoms with van der Waals surface area (Å²) in [6, 6.07) is 8.59. The van der Waals surface area contributed by atoms with Crippen molar-refractivity contribution in [1.82, 2.24) is 10.0 Å². The third kappa shape index (κ3) is 9.10. The first-order valence-electron chi connectivity index (χ1n) is 12.4. The average Bonchev–Trinajstić information content (AvgIpc) is 3.72. The van der Waals surface area contributed by atoms with Crippen LogP contribution in [0.4, 0.5) is 4.39 Å². The molecule has 1 saturated heterocycles. The number of hydrogen-bond donors (Lipinski definition) is 2. The van der Waals surface area contributed by atoms with E-state index in [1.165, 1.54) is 18.0 Å². The molecule has 2 fully saturated rings. The monoisotopic (exact) mass is 556 g/mol. The number of rotatable bonds is 10. The minimum Gasteiger partial charge on any atom is -0.493 e. The van der Waals surface area contributed by atoms with E-state index in [4.69, 9.17) is 32.7 Å². The van der Waals surface area contributed by atoms with Crippen molar-refractivity contribution in [2.24, 2.45) is 5.92 Å². The van der Waals surface area contributed by atoms with Gasteiger partial charge in [0.05, 0.1) is 18.8 Å². The fourth-order valence-corrected chi connectivity index (χ4v) is 4.86. The second-order valence-corrected chi connectivity index (χ2v) is 10.9. The van der Waals surface area contributed by atoms with E-state index in [1.54, 1.807) is 19.2 Å². The Morgan fingerprint density at radius 3 is 2.56 bits per heavy atom. The maximum Gasteiger partial charge on any atom is 0.264 e. The molecule has 0 atom stereocenters. The summed E-state index contributed by atoms with van der Waals surface area (Å²) in [7, 11) is 1.67. The van der Waals surface area contributed by atoms with Crippen LogP contribution >= 0.6 is 35.1 Å². The standard InChI is InChI=1S/C18H25FN2O2S.C9H10Cl2O/c1-2-24-21-18(22)15-9-14(13-3-4-13)17(10-16(15)19)23-11-12-5-7-20-8-6-12;1-12-5-4-7-2-3-8(10)6-9(7)11/h9-10,12-13,20H,2-8,11H2,1H3,(H,21,22);2-3,6H,4-5H2,1H3. The summed E-state index contributed by atoms with van der Waals surface area (Å²) < 4.78 is 28.0. The Morgan fingerprint density at radius 2 is 1.92 bits per heavy atom. The highest BCUT2D eigenvalue weighted by molar-refractivity contribution is 7.97. The number of piperidine rings is 1. The Morgan fingerprint density at radius 1 is 1.17 bits per heavy atom. The number of benzene rings is 2. The first kappa shape index (κ1) is 29.1.